The number of fused-ring (bicyclic) bond motifs is 6. The third kappa shape index (κ3) is 4.88. The first-order chi connectivity index (χ1) is 19.6. The molecule has 1 saturated carbocycles. The van der Waals surface area contributed by atoms with Crippen molar-refractivity contribution in [2.75, 3.05) is 24.5 Å². The third-order valence-corrected chi connectivity index (χ3v) is 9.27. The Morgan fingerprint density at radius 2 is 1.61 bits per heavy atom. The molecule has 2 aliphatic heterocycles. The highest BCUT2D eigenvalue weighted by Gasteiger charge is 2.32. The molecule has 1 aliphatic carbocycles. The quantitative estimate of drug-likeness (QED) is 0.291. The third-order valence-electron chi connectivity index (χ3n) is 9.27. The lowest BCUT2D eigenvalue weighted by molar-refractivity contribution is -0.130. The molecular weight excluding hydrogens is 534 g/mol. The van der Waals surface area contributed by atoms with Crippen LogP contribution in [0.1, 0.15) is 65.1 Å². The number of rotatable bonds is 4. The van der Waals surface area contributed by atoms with Crippen LogP contribution in [0, 0.1) is 0 Å². The summed E-state index contributed by atoms with van der Waals surface area (Å²) in [7, 11) is 0. The molecule has 0 saturated heterocycles. The average molecular weight is 570 g/mol. The highest BCUT2D eigenvalue weighted by atomic mass is 35.5. The van der Waals surface area contributed by atoms with Crippen molar-refractivity contribution < 1.29 is 14.7 Å². The largest absolute Gasteiger partial charge is 0.478 e. The number of halogens is 1. The molecule has 1 aromatic heterocycles. The molecule has 4 aromatic rings. The van der Waals surface area contributed by atoms with E-state index in [9.17, 15) is 14.7 Å². The summed E-state index contributed by atoms with van der Waals surface area (Å²) >= 11 is 0. The lowest BCUT2D eigenvalue weighted by atomic mass is 9.81. The number of amides is 1. The molecule has 1 amide bonds. The Labute approximate surface area is 247 Å². The number of anilines is 1. The summed E-state index contributed by atoms with van der Waals surface area (Å²) in [5.74, 6) is -0.291. The molecule has 3 aliphatic rings. The molecule has 3 aromatic carbocycles. The lowest BCUT2D eigenvalue weighted by Crippen LogP contribution is -2.43. The number of aromatic nitrogens is 1. The van der Waals surface area contributed by atoms with Crippen LogP contribution in [0.4, 0.5) is 5.69 Å². The maximum atomic E-state index is 13.7. The Kier molecular flexibility index (Phi) is 7.52. The Bertz CT molecular complexity index is 1620. The first-order valence-corrected chi connectivity index (χ1v) is 14.7. The number of carboxylic acid groups (broad SMARTS) is 1. The molecule has 6 nitrogen and oxygen atoms in total. The number of para-hydroxylation sites is 1. The van der Waals surface area contributed by atoms with E-state index in [1.165, 1.54) is 47.0 Å². The Hall–Kier alpha value is -3.77. The van der Waals surface area contributed by atoms with Crippen molar-refractivity contribution >= 4 is 40.9 Å². The maximum absolute atomic E-state index is 13.7. The topological polar surface area (TPSA) is 65.8 Å². The average Bonchev–Trinajstić information content (AvgIpc) is 3.23. The van der Waals surface area contributed by atoms with Gasteiger partial charge in [-0.3, -0.25) is 4.79 Å². The molecule has 0 spiro atoms. The van der Waals surface area contributed by atoms with E-state index in [2.05, 4.69) is 58.0 Å². The van der Waals surface area contributed by atoms with E-state index in [-0.39, 0.29) is 18.3 Å². The van der Waals surface area contributed by atoms with Gasteiger partial charge >= 0.3 is 5.97 Å². The number of carboxylic acids is 1. The van der Waals surface area contributed by atoms with Gasteiger partial charge in [0, 0.05) is 48.3 Å². The Balaban J connectivity index is 0.00000302. The fourth-order valence-corrected chi connectivity index (χ4v) is 7.26. The van der Waals surface area contributed by atoms with Crippen LogP contribution in [0.5, 0.6) is 0 Å². The molecule has 1 fully saturated rings. The van der Waals surface area contributed by atoms with E-state index in [1.807, 2.05) is 17.0 Å². The molecule has 7 heteroatoms. The number of aromatic carboxylic acids is 1. The molecule has 0 bridgehead atoms. The predicted octanol–water partition coefficient (Wildman–Crippen LogP) is 6.88. The van der Waals surface area contributed by atoms with Crippen molar-refractivity contribution in [1.82, 2.24) is 9.47 Å². The highest BCUT2D eigenvalue weighted by molar-refractivity contribution is 6.00. The maximum Gasteiger partial charge on any atom is 0.335 e. The van der Waals surface area contributed by atoms with Gasteiger partial charge in [-0.1, -0.05) is 67.8 Å². The summed E-state index contributed by atoms with van der Waals surface area (Å²) in [4.78, 5) is 29.8. The van der Waals surface area contributed by atoms with Crippen molar-refractivity contribution in [1.29, 1.82) is 0 Å². The number of benzene rings is 3. The minimum absolute atomic E-state index is 0. The van der Waals surface area contributed by atoms with Crippen LogP contribution in [0.15, 0.2) is 66.7 Å². The summed E-state index contributed by atoms with van der Waals surface area (Å²) in [6.07, 6.45) is 6.95. The number of nitrogens with zero attached hydrogens (tertiary/aromatic N) is 3. The van der Waals surface area contributed by atoms with E-state index in [1.54, 1.807) is 6.07 Å². The number of carbonyl (C=O) groups is 2. The van der Waals surface area contributed by atoms with Crippen LogP contribution in [0.2, 0.25) is 0 Å². The summed E-state index contributed by atoms with van der Waals surface area (Å²) < 4.78 is 2.34. The van der Waals surface area contributed by atoms with Crippen molar-refractivity contribution in [2.24, 2.45) is 0 Å². The van der Waals surface area contributed by atoms with Crippen LogP contribution in [0.3, 0.4) is 0 Å². The van der Waals surface area contributed by atoms with Gasteiger partial charge in [0.05, 0.1) is 17.8 Å². The number of hydrogen-bond acceptors (Lipinski definition) is 3. The SMILES string of the molecule is Cl.O=C(O)c1ccc2c(C3CCCCC3)c3n(c2c1)CCN(CC(=O)N1CCc2ccccc2C1)c1ccccc1-3. The molecule has 1 N–H and O–H groups in total. The highest BCUT2D eigenvalue weighted by Crippen LogP contribution is 2.47. The molecular formula is C34H36ClN3O3. The minimum Gasteiger partial charge on any atom is -0.478 e. The van der Waals surface area contributed by atoms with Crippen molar-refractivity contribution in [2.45, 2.75) is 57.5 Å². The predicted molar refractivity (Wildman–Crippen MR) is 165 cm³/mol. The van der Waals surface area contributed by atoms with E-state index in [0.29, 0.717) is 37.7 Å². The van der Waals surface area contributed by atoms with Gasteiger partial charge in [-0.25, -0.2) is 4.79 Å². The molecule has 0 atom stereocenters. The molecule has 212 valence electrons. The van der Waals surface area contributed by atoms with Gasteiger partial charge < -0.3 is 19.5 Å². The Morgan fingerprint density at radius 3 is 2.41 bits per heavy atom. The summed E-state index contributed by atoms with van der Waals surface area (Å²) in [5, 5.41) is 11.0. The molecule has 0 unspecified atom stereocenters. The first-order valence-electron chi connectivity index (χ1n) is 14.7. The zero-order valence-electron chi connectivity index (χ0n) is 23.2. The molecule has 41 heavy (non-hydrogen) atoms. The van der Waals surface area contributed by atoms with Crippen molar-refractivity contribution in [3.05, 3.63) is 89.0 Å². The van der Waals surface area contributed by atoms with Gasteiger partial charge in [-0.2, -0.15) is 0 Å². The van der Waals surface area contributed by atoms with Crippen molar-refractivity contribution in [3.63, 3.8) is 0 Å². The van der Waals surface area contributed by atoms with Gasteiger partial charge in [-0.05, 0) is 60.1 Å². The van der Waals surface area contributed by atoms with Gasteiger partial charge in [0.2, 0.25) is 5.91 Å². The molecule has 7 rings (SSSR count). The van der Waals surface area contributed by atoms with Crippen LogP contribution in [0.25, 0.3) is 22.2 Å². The monoisotopic (exact) mass is 569 g/mol. The van der Waals surface area contributed by atoms with Gasteiger partial charge in [0.25, 0.3) is 0 Å². The fraction of sp³-hybridized carbons (Fsp3) is 0.353. The lowest BCUT2D eigenvalue weighted by Gasteiger charge is -2.32. The molecule has 0 radical (unpaired) electrons. The Morgan fingerprint density at radius 1 is 0.854 bits per heavy atom. The van der Waals surface area contributed by atoms with Crippen LogP contribution in [-0.2, 0) is 24.3 Å². The van der Waals surface area contributed by atoms with E-state index < -0.39 is 5.97 Å². The van der Waals surface area contributed by atoms with Gasteiger partial charge in [-0.15, -0.1) is 12.4 Å². The van der Waals surface area contributed by atoms with E-state index in [0.717, 1.165) is 42.6 Å². The van der Waals surface area contributed by atoms with E-state index >= 15 is 0 Å². The second-order valence-electron chi connectivity index (χ2n) is 11.6. The summed E-state index contributed by atoms with van der Waals surface area (Å²) in [6, 6.07) is 22.5. The second-order valence-corrected chi connectivity index (χ2v) is 11.6. The zero-order chi connectivity index (χ0) is 27.2. The smallest absolute Gasteiger partial charge is 0.335 e. The van der Waals surface area contributed by atoms with Gasteiger partial charge in [0.1, 0.15) is 0 Å². The van der Waals surface area contributed by atoms with E-state index in [4.69, 9.17) is 0 Å². The second kappa shape index (κ2) is 11.2. The van der Waals surface area contributed by atoms with Gasteiger partial charge in [0.15, 0.2) is 0 Å². The molecule has 3 heterocycles. The minimum atomic E-state index is -0.902. The van der Waals surface area contributed by atoms with Crippen molar-refractivity contribution in [3.8, 4) is 11.3 Å². The number of carbonyl (C=O) groups excluding carboxylic acids is 1. The summed E-state index contributed by atoms with van der Waals surface area (Å²) in [6.45, 7) is 3.14. The standard InChI is InChI=1S/C34H35N3O3.ClH/c38-31(36-17-16-23-8-4-5-11-26(23)21-36)22-35-18-19-37-30-20-25(34(39)40)14-15-27(30)32(24-9-2-1-3-10-24)33(37)28-12-6-7-13-29(28)35;/h4-8,11-15,20,24H,1-3,9-10,16-19,21-22H2,(H,39,40);1H. The fourth-order valence-electron chi connectivity index (χ4n) is 7.26. The first kappa shape index (κ1) is 27.4. The van der Waals surface area contributed by atoms with Crippen LogP contribution >= 0.6 is 12.4 Å². The van der Waals surface area contributed by atoms with Crippen LogP contribution < -0.4 is 4.90 Å². The normalized spacial score (nSPS) is 16.8. The van der Waals surface area contributed by atoms with Crippen LogP contribution in [-0.4, -0.2) is 46.1 Å². The number of hydrogen-bond donors (Lipinski definition) is 1. The zero-order valence-corrected chi connectivity index (χ0v) is 24.0. The summed E-state index contributed by atoms with van der Waals surface area (Å²) in [5.41, 5.74) is 8.70.